The SMILES string of the molecule is O=C(CNC(=O)C1=NN(c2ccccc2)C(C(=O)O)C1)NC1CCCCC1. The normalized spacial score (nSPS) is 20.1. The summed E-state index contributed by atoms with van der Waals surface area (Å²) in [7, 11) is 0. The lowest BCUT2D eigenvalue weighted by molar-refractivity contribution is -0.138. The highest BCUT2D eigenvalue weighted by Gasteiger charge is 2.36. The molecule has 27 heavy (non-hydrogen) atoms. The average molecular weight is 372 g/mol. The number of hydrazone groups is 1. The summed E-state index contributed by atoms with van der Waals surface area (Å²) in [5, 5.41) is 20.4. The van der Waals surface area contributed by atoms with E-state index in [1.807, 2.05) is 6.07 Å². The first-order chi connectivity index (χ1) is 13.0. The first-order valence-corrected chi connectivity index (χ1v) is 9.26. The fourth-order valence-electron chi connectivity index (χ4n) is 3.45. The van der Waals surface area contributed by atoms with Gasteiger partial charge in [-0.1, -0.05) is 37.5 Å². The lowest BCUT2D eigenvalue weighted by Gasteiger charge is -2.22. The van der Waals surface area contributed by atoms with Gasteiger partial charge in [-0.05, 0) is 25.0 Å². The van der Waals surface area contributed by atoms with Crippen molar-refractivity contribution in [3.8, 4) is 0 Å². The Hall–Kier alpha value is -2.90. The van der Waals surface area contributed by atoms with Gasteiger partial charge < -0.3 is 15.7 Å². The van der Waals surface area contributed by atoms with Gasteiger partial charge in [-0.3, -0.25) is 14.6 Å². The number of carboxylic acids is 1. The Balaban J connectivity index is 1.57. The van der Waals surface area contributed by atoms with Gasteiger partial charge in [-0.25, -0.2) is 4.79 Å². The van der Waals surface area contributed by atoms with Gasteiger partial charge in [0.1, 0.15) is 5.71 Å². The second kappa shape index (κ2) is 8.66. The van der Waals surface area contributed by atoms with Crippen molar-refractivity contribution < 1.29 is 19.5 Å². The molecule has 1 aliphatic heterocycles. The second-order valence-electron chi connectivity index (χ2n) is 6.87. The Morgan fingerprint density at radius 3 is 2.48 bits per heavy atom. The fourth-order valence-corrected chi connectivity index (χ4v) is 3.45. The summed E-state index contributed by atoms with van der Waals surface area (Å²) in [4.78, 5) is 35.9. The molecule has 1 fully saturated rings. The van der Waals surface area contributed by atoms with Gasteiger partial charge in [-0.2, -0.15) is 5.10 Å². The Morgan fingerprint density at radius 2 is 1.81 bits per heavy atom. The number of nitrogens with one attached hydrogen (secondary N) is 2. The van der Waals surface area contributed by atoms with E-state index >= 15 is 0 Å². The molecule has 0 radical (unpaired) electrons. The summed E-state index contributed by atoms with van der Waals surface area (Å²) in [6, 6.07) is 8.07. The molecule has 3 N–H and O–H groups in total. The van der Waals surface area contributed by atoms with Crippen LogP contribution in [0.25, 0.3) is 0 Å². The summed E-state index contributed by atoms with van der Waals surface area (Å²) in [5.74, 6) is -1.80. The van der Waals surface area contributed by atoms with E-state index in [0.717, 1.165) is 25.7 Å². The van der Waals surface area contributed by atoms with Crippen LogP contribution in [-0.4, -0.2) is 47.2 Å². The molecule has 1 unspecified atom stereocenters. The zero-order valence-electron chi connectivity index (χ0n) is 15.1. The number of carbonyl (C=O) groups excluding carboxylic acids is 2. The molecule has 1 heterocycles. The molecule has 2 aliphatic rings. The van der Waals surface area contributed by atoms with Crippen LogP contribution in [0.1, 0.15) is 38.5 Å². The summed E-state index contributed by atoms with van der Waals surface area (Å²) in [5.41, 5.74) is 0.708. The average Bonchev–Trinajstić information content (AvgIpc) is 3.13. The van der Waals surface area contributed by atoms with Gasteiger partial charge in [0.2, 0.25) is 5.91 Å². The molecule has 1 aromatic carbocycles. The molecule has 0 bridgehead atoms. The van der Waals surface area contributed by atoms with Crippen LogP contribution >= 0.6 is 0 Å². The van der Waals surface area contributed by atoms with Crippen molar-refractivity contribution in [2.75, 3.05) is 11.6 Å². The van der Waals surface area contributed by atoms with Gasteiger partial charge in [0.15, 0.2) is 6.04 Å². The van der Waals surface area contributed by atoms with Crippen LogP contribution < -0.4 is 15.6 Å². The molecule has 0 spiro atoms. The summed E-state index contributed by atoms with van der Waals surface area (Å²) in [6.07, 6.45) is 5.35. The van der Waals surface area contributed by atoms with E-state index < -0.39 is 17.9 Å². The Labute approximate surface area is 157 Å². The smallest absolute Gasteiger partial charge is 0.328 e. The van der Waals surface area contributed by atoms with E-state index in [2.05, 4.69) is 15.7 Å². The highest BCUT2D eigenvalue weighted by atomic mass is 16.4. The minimum atomic E-state index is -1.06. The van der Waals surface area contributed by atoms with Gasteiger partial charge >= 0.3 is 5.97 Å². The van der Waals surface area contributed by atoms with Gasteiger partial charge in [0.25, 0.3) is 5.91 Å². The Morgan fingerprint density at radius 1 is 1.11 bits per heavy atom. The van der Waals surface area contributed by atoms with Crippen molar-refractivity contribution in [2.24, 2.45) is 5.10 Å². The van der Waals surface area contributed by atoms with Crippen LogP contribution in [-0.2, 0) is 14.4 Å². The second-order valence-corrected chi connectivity index (χ2v) is 6.87. The third-order valence-electron chi connectivity index (χ3n) is 4.86. The first-order valence-electron chi connectivity index (χ1n) is 9.26. The number of carbonyl (C=O) groups is 3. The van der Waals surface area contributed by atoms with E-state index in [0.29, 0.717) is 5.69 Å². The van der Waals surface area contributed by atoms with Crippen LogP contribution in [0.15, 0.2) is 35.4 Å². The zero-order chi connectivity index (χ0) is 19.2. The molecule has 8 heteroatoms. The molecule has 1 aliphatic carbocycles. The van der Waals surface area contributed by atoms with Crippen molar-refractivity contribution in [3.05, 3.63) is 30.3 Å². The van der Waals surface area contributed by atoms with E-state index in [9.17, 15) is 19.5 Å². The summed E-state index contributed by atoms with van der Waals surface area (Å²) >= 11 is 0. The maximum absolute atomic E-state index is 12.3. The number of para-hydroxylation sites is 1. The molecule has 2 amide bonds. The number of nitrogens with zero attached hydrogens (tertiary/aromatic N) is 2. The zero-order valence-corrected chi connectivity index (χ0v) is 15.1. The third kappa shape index (κ3) is 4.84. The van der Waals surface area contributed by atoms with Crippen molar-refractivity contribution in [3.63, 3.8) is 0 Å². The number of hydrogen-bond acceptors (Lipinski definition) is 5. The predicted octanol–water partition coefficient (Wildman–Crippen LogP) is 1.27. The van der Waals surface area contributed by atoms with Crippen LogP contribution in [0, 0.1) is 0 Å². The van der Waals surface area contributed by atoms with Gasteiger partial charge in [0, 0.05) is 12.5 Å². The van der Waals surface area contributed by atoms with E-state index in [1.165, 1.54) is 11.4 Å². The molecule has 3 rings (SSSR count). The highest BCUT2D eigenvalue weighted by molar-refractivity contribution is 6.40. The number of carboxylic acid groups (broad SMARTS) is 1. The maximum Gasteiger partial charge on any atom is 0.328 e. The lowest BCUT2D eigenvalue weighted by Crippen LogP contribution is -2.44. The molecule has 144 valence electrons. The molecule has 1 saturated carbocycles. The van der Waals surface area contributed by atoms with Crippen LogP contribution in [0.2, 0.25) is 0 Å². The Bertz CT molecular complexity index is 728. The van der Waals surface area contributed by atoms with Gasteiger partial charge in [-0.15, -0.1) is 0 Å². The predicted molar refractivity (Wildman–Crippen MR) is 100 cm³/mol. The molecule has 8 nitrogen and oxygen atoms in total. The third-order valence-corrected chi connectivity index (χ3v) is 4.86. The van der Waals surface area contributed by atoms with E-state index in [-0.39, 0.29) is 30.6 Å². The molecule has 1 aromatic rings. The molecular formula is C19H24N4O4. The monoisotopic (exact) mass is 372 g/mol. The number of rotatable bonds is 6. The topological polar surface area (TPSA) is 111 Å². The highest BCUT2D eigenvalue weighted by Crippen LogP contribution is 2.24. The van der Waals surface area contributed by atoms with E-state index in [1.54, 1.807) is 24.3 Å². The molecule has 0 saturated heterocycles. The van der Waals surface area contributed by atoms with Crippen LogP contribution in [0.3, 0.4) is 0 Å². The standard InChI is InChI=1S/C19H24N4O4/c24-17(21-13-7-3-1-4-8-13)12-20-18(25)15-11-16(19(26)27)23(22-15)14-9-5-2-6-10-14/h2,5-6,9-10,13,16H,1,3-4,7-8,11-12H2,(H,20,25)(H,21,24)(H,26,27). The number of benzene rings is 1. The molecular weight excluding hydrogens is 348 g/mol. The minimum Gasteiger partial charge on any atom is -0.480 e. The maximum atomic E-state index is 12.3. The van der Waals surface area contributed by atoms with Crippen molar-refractivity contribution in [1.29, 1.82) is 0 Å². The quantitative estimate of drug-likeness (QED) is 0.696. The fraction of sp³-hybridized carbons (Fsp3) is 0.474. The molecule has 1 atom stereocenters. The minimum absolute atomic E-state index is 0.0136. The summed E-state index contributed by atoms with van der Waals surface area (Å²) < 4.78 is 0. The number of anilines is 1. The summed E-state index contributed by atoms with van der Waals surface area (Å²) in [6.45, 7) is -0.141. The Kier molecular flexibility index (Phi) is 6.05. The van der Waals surface area contributed by atoms with Crippen LogP contribution in [0.4, 0.5) is 5.69 Å². The van der Waals surface area contributed by atoms with Gasteiger partial charge in [0.05, 0.1) is 12.2 Å². The van der Waals surface area contributed by atoms with Crippen molar-refractivity contribution in [2.45, 2.75) is 50.6 Å². The van der Waals surface area contributed by atoms with E-state index in [4.69, 9.17) is 0 Å². The van der Waals surface area contributed by atoms with Crippen LogP contribution in [0.5, 0.6) is 0 Å². The lowest BCUT2D eigenvalue weighted by atomic mass is 9.95. The van der Waals surface area contributed by atoms with Crippen molar-refractivity contribution in [1.82, 2.24) is 10.6 Å². The first kappa shape index (κ1) is 18.9. The van der Waals surface area contributed by atoms with Crippen molar-refractivity contribution >= 4 is 29.2 Å². The number of amides is 2. The number of hydrogen-bond donors (Lipinski definition) is 3. The molecule has 0 aromatic heterocycles. The largest absolute Gasteiger partial charge is 0.480 e. The number of aliphatic carboxylic acids is 1.